The number of hydrogen-bond donors (Lipinski definition) is 3. The van der Waals surface area contributed by atoms with E-state index in [1.54, 1.807) is 0 Å². The molecule has 1 aliphatic heterocycles. The maximum absolute atomic E-state index is 14.0. The zero-order valence-corrected chi connectivity index (χ0v) is 27.7. The molecule has 2 unspecified atom stereocenters. The molecule has 0 amide bonds. The number of nitrogen functional groups attached to an aromatic ring is 1. The van der Waals surface area contributed by atoms with E-state index in [1.807, 2.05) is 0 Å². The largest absolute Gasteiger partial charge is 0.452 e. The molecule has 0 spiro atoms. The number of carbonyl (C=O) groups is 1. The fourth-order valence-electron chi connectivity index (χ4n) is 12.1. The summed E-state index contributed by atoms with van der Waals surface area (Å²) in [5.41, 5.74) is 3.93. The standard InChI is InChI=1S/C36H48FN5O5/c1-5-35-31(45)36(35,17-26(46-35)42-18-39-28-29(38)40-32(37)41-30(28)42)47-27(44)11-6-19(2)23-9-10-24-22-8-7-20-16-21(43)12-14-33(20,3)25(22)13-15-34(23,24)4/h1,18-26,31,43,45H,6-17H2,2-4H3,(H2,38,40,41)/t19-,20-,21-,22?,23-,24+,25+,26-,31?,33+,34-,35-,36-/m1/s1. The third-order valence-corrected chi connectivity index (χ3v) is 14.6. The first-order chi connectivity index (χ1) is 22.4. The number of hydrogen-bond acceptors (Lipinski definition) is 9. The molecule has 0 bridgehead atoms. The van der Waals surface area contributed by atoms with Crippen LogP contribution >= 0.6 is 0 Å². The van der Waals surface area contributed by atoms with Gasteiger partial charge in [0.25, 0.3) is 0 Å². The van der Waals surface area contributed by atoms with Crippen LogP contribution in [0.4, 0.5) is 10.2 Å². The van der Waals surface area contributed by atoms with Crippen LogP contribution in [0.2, 0.25) is 0 Å². The van der Waals surface area contributed by atoms with Gasteiger partial charge in [0.05, 0.1) is 12.4 Å². The highest BCUT2D eigenvalue weighted by molar-refractivity contribution is 5.81. The number of terminal acetylenes is 1. The molecule has 254 valence electrons. The Balaban J connectivity index is 0.921. The van der Waals surface area contributed by atoms with Gasteiger partial charge in [-0.25, -0.2) is 4.98 Å². The van der Waals surface area contributed by atoms with Crippen molar-refractivity contribution in [2.75, 3.05) is 5.73 Å². The van der Waals surface area contributed by atoms with Crippen molar-refractivity contribution in [2.24, 2.45) is 46.3 Å². The van der Waals surface area contributed by atoms with Gasteiger partial charge in [-0.3, -0.25) is 9.36 Å². The minimum absolute atomic E-state index is 0.0698. The van der Waals surface area contributed by atoms with Crippen LogP contribution in [-0.4, -0.2) is 59.1 Å². The summed E-state index contributed by atoms with van der Waals surface area (Å²) < 4.78 is 27.6. The first-order valence-electron chi connectivity index (χ1n) is 17.8. The minimum Gasteiger partial charge on any atom is -0.452 e. The second-order valence-corrected chi connectivity index (χ2v) is 16.5. The lowest BCUT2D eigenvalue weighted by atomic mass is 9.44. The Hall–Kier alpha value is -2.81. The number of fused-ring (bicyclic) bond motifs is 7. The zero-order valence-electron chi connectivity index (χ0n) is 27.7. The highest BCUT2D eigenvalue weighted by Gasteiger charge is 2.86. The van der Waals surface area contributed by atoms with Crippen LogP contribution in [0.1, 0.15) is 104 Å². The summed E-state index contributed by atoms with van der Waals surface area (Å²) in [6, 6.07) is 0. The van der Waals surface area contributed by atoms with E-state index >= 15 is 0 Å². The van der Waals surface area contributed by atoms with Crippen molar-refractivity contribution >= 4 is 23.0 Å². The summed E-state index contributed by atoms with van der Waals surface area (Å²) in [6.07, 6.45) is 15.8. The number of rotatable bonds is 6. The highest BCUT2D eigenvalue weighted by Crippen LogP contribution is 2.69. The number of aromatic nitrogens is 4. The smallest absolute Gasteiger partial charge is 0.312 e. The fraction of sp³-hybridized carbons (Fsp3) is 0.778. The van der Waals surface area contributed by atoms with Crippen LogP contribution in [0.5, 0.6) is 0 Å². The molecule has 10 nitrogen and oxygen atoms in total. The van der Waals surface area contributed by atoms with E-state index in [1.165, 1.54) is 49.4 Å². The van der Waals surface area contributed by atoms with Crippen molar-refractivity contribution < 1.29 is 28.9 Å². The molecule has 6 fully saturated rings. The molecular weight excluding hydrogens is 601 g/mol. The van der Waals surface area contributed by atoms with Gasteiger partial charge >= 0.3 is 12.0 Å². The van der Waals surface area contributed by atoms with Gasteiger partial charge < -0.3 is 25.4 Å². The molecule has 5 aliphatic carbocycles. The first-order valence-corrected chi connectivity index (χ1v) is 17.8. The summed E-state index contributed by atoms with van der Waals surface area (Å²) in [4.78, 5) is 25.0. The summed E-state index contributed by atoms with van der Waals surface area (Å²) in [5.74, 6) is 5.86. The second kappa shape index (κ2) is 10.6. The average molecular weight is 650 g/mol. The van der Waals surface area contributed by atoms with Crippen LogP contribution < -0.4 is 5.73 Å². The zero-order chi connectivity index (χ0) is 33.1. The molecule has 11 heteroatoms. The van der Waals surface area contributed by atoms with Crippen LogP contribution in [-0.2, 0) is 14.3 Å². The Morgan fingerprint density at radius 3 is 2.72 bits per heavy atom. The minimum atomic E-state index is -1.50. The topological polar surface area (TPSA) is 146 Å². The van der Waals surface area contributed by atoms with Crippen LogP contribution in [0.15, 0.2) is 6.33 Å². The Bertz CT molecular complexity index is 1650. The van der Waals surface area contributed by atoms with Crippen LogP contribution in [0.25, 0.3) is 11.2 Å². The van der Waals surface area contributed by atoms with E-state index in [9.17, 15) is 19.4 Å². The number of halogens is 1. The van der Waals surface area contributed by atoms with Crippen molar-refractivity contribution in [3.63, 3.8) is 0 Å². The number of ether oxygens (including phenoxy) is 2. The lowest BCUT2D eigenvalue weighted by Gasteiger charge is -2.61. The molecule has 47 heavy (non-hydrogen) atoms. The molecule has 13 atom stereocenters. The summed E-state index contributed by atoms with van der Waals surface area (Å²) in [7, 11) is 0. The molecule has 8 rings (SSSR count). The van der Waals surface area contributed by atoms with Crippen LogP contribution in [0.3, 0.4) is 0 Å². The van der Waals surface area contributed by atoms with Gasteiger partial charge in [-0.05, 0) is 111 Å². The van der Waals surface area contributed by atoms with Gasteiger partial charge in [-0.2, -0.15) is 14.4 Å². The highest BCUT2D eigenvalue weighted by atomic mass is 19.1. The van der Waals surface area contributed by atoms with Crippen molar-refractivity contribution in [3.8, 4) is 12.3 Å². The van der Waals surface area contributed by atoms with E-state index in [0.717, 1.165) is 37.0 Å². The number of imidazole rings is 1. The Morgan fingerprint density at radius 2 is 1.94 bits per heavy atom. The lowest BCUT2D eigenvalue weighted by Crippen LogP contribution is -2.54. The maximum Gasteiger partial charge on any atom is 0.312 e. The molecule has 1 saturated heterocycles. The van der Waals surface area contributed by atoms with Crippen molar-refractivity contribution in [2.45, 2.75) is 127 Å². The van der Waals surface area contributed by atoms with Gasteiger partial charge in [0, 0.05) is 12.8 Å². The molecular formula is C36H48FN5O5. The van der Waals surface area contributed by atoms with E-state index < -0.39 is 35.6 Å². The van der Waals surface area contributed by atoms with E-state index in [-0.39, 0.29) is 41.3 Å². The number of nitrogens with zero attached hydrogens (tertiary/aromatic N) is 4. The SMILES string of the molecule is C#C[C@]12O[C@@H](n3cnc4c(N)nc(F)nc43)C[C@@]1(OC(=O)CC[C@@H](C)[C@H]1CC[C@H]3C4CC[C@@H]5C[C@H](O)CC[C@]5(C)[C@H]4CC[C@]13C)C2O. The van der Waals surface area contributed by atoms with Gasteiger partial charge in [-0.1, -0.05) is 26.7 Å². The second-order valence-electron chi connectivity index (χ2n) is 16.5. The predicted octanol–water partition coefficient (Wildman–Crippen LogP) is 4.93. The molecule has 3 heterocycles. The third kappa shape index (κ3) is 4.32. The van der Waals surface area contributed by atoms with Crippen LogP contribution in [0, 0.1) is 64.8 Å². The molecule has 2 aromatic heterocycles. The Kier molecular flexibility index (Phi) is 7.09. The summed E-state index contributed by atoms with van der Waals surface area (Å²) in [5, 5.41) is 21.3. The number of esters is 1. The van der Waals surface area contributed by atoms with Crippen molar-refractivity contribution in [1.29, 1.82) is 0 Å². The normalized spacial score (nSPS) is 45.7. The predicted molar refractivity (Wildman–Crippen MR) is 170 cm³/mol. The van der Waals surface area contributed by atoms with Crippen molar-refractivity contribution in [3.05, 3.63) is 12.4 Å². The third-order valence-electron chi connectivity index (χ3n) is 14.6. The van der Waals surface area contributed by atoms with E-state index in [2.05, 4.69) is 41.6 Å². The Labute approximate surface area is 275 Å². The number of carbonyl (C=O) groups excluding carboxylic acids is 1. The van der Waals surface area contributed by atoms with Gasteiger partial charge in [0.15, 0.2) is 22.6 Å². The first kappa shape index (κ1) is 31.5. The molecule has 6 aliphatic rings. The molecule has 4 N–H and O–H groups in total. The van der Waals surface area contributed by atoms with E-state index in [4.69, 9.17) is 21.6 Å². The van der Waals surface area contributed by atoms with Gasteiger partial charge in [0.1, 0.15) is 12.3 Å². The maximum atomic E-state index is 14.0. The number of nitrogens with two attached hydrogens (primary N) is 1. The number of aliphatic hydroxyl groups excluding tert-OH is 2. The molecule has 5 saturated carbocycles. The molecule has 2 aromatic rings. The summed E-state index contributed by atoms with van der Waals surface area (Å²) in [6.45, 7) is 7.36. The van der Waals surface area contributed by atoms with Gasteiger partial charge in [-0.15, -0.1) is 6.42 Å². The molecule has 0 aromatic carbocycles. The monoisotopic (exact) mass is 649 g/mol. The van der Waals surface area contributed by atoms with Crippen molar-refractivity contribution in [1.82, 2.24) is 19.5 Å². The molecule has 0 radical (unpaired) electrons. The quantitative estimate of drug-likeness (QED) is 0.225. The Morgan fingerprint density at radius 1 is 1.17 bits per heavy atom. The summed E-state index contributed by atoms with van der Waals surface area (Å²) >= 11 is 0. The number of anilines is 1. The lowest BCUT2D eigenvalue weighted by molar-refractivity contribution is -0.154. The fourth-order valence-corrected chi connectivity index (χ4v) is 12.1. The van der Waals surface area contributed by atoms with E-state index in [0.29, 0.717) is 29.6 Å². The average Bonchev–Trinajstić information content (AvgIpc) is 3.51. The van der Waals surface area contributed by atoms with Gasteiger partial charge in [0.2, 0.25) is 5.60 Å². The number of aliphatic hydroxyl groups is 2.